The highest BCUT2D eigenvalue weighted by Crippen LogP contribution is 2.06. The Hall–Kier alpha value is -3.02. The SMILES string of the molecule is CCN(CC(=O)NCc1ccc(F)cc1)C(=O)/C=C/c1ccc(F)cc1. The lowest BCUT2D eigenvalue weighted by Gasteiger charge is -2.18. The van der Waals surface area contributed by atoms with Gasteiger partial charge in [0.1, 0.15) is 11.6 Å². The Morgan fingerprint density at radius 3 is 2.15 bits per heavy atom. The minimum absolute atomic E-state index is 0.0791. The number of halogens is 2. The van der Waals surface area contributed by atoms with Crippen LogP contribution in [0.4, 0.5) is 8.78 Å². The van der Waals surface area contributed by atoms with E-state index in [1.54, 1.807) is 37.3 Å². The van der Waals surface area contributed by atoms with Crippen LogP contribution >= 0.6 is 0 Å². The summed E-state index contributed by atoms with van der Waals surface area (Å²) in [7, 11) is 0. The fraction of sp³-hybridized carbons (Fsp3) is 0.200. The van der Waals surface area contributed by atoms with Crippen molar-refractivity contribution in [2.45, 2.75) is 13.5 Å². The summed E-state index contributed by atoms with van der Waals surface area (Å²) in [4.78, 5) is 25.6. The zero-order valence-corrected chi connectivity index (χ0v) is 14.4. The molecule has 0 bridgehead atoms. The van der Waals surface area contributed by atoms with Gasteiger partial charge in [-0.05, 0) is 48.4 Å². The molecule has 0 radical (unpaired) electrons. The van der Waals surface area contributed by atoms with E-state index in [4.69, 9.17) is 0 Å². The van der Waals surface area contributed by atoms with Crippen molar-refractivity contribution in [1.82, 2.24) is 10.2 Å². The van der Waals surface area contributed by atoms with Gasteiger partial charge in [-0.3, -0.25) is 9.59 Å². The van der Waals surface area contributed by atoms with Gasteiger partial charge < -0.3 is 10.2 Å². The molecular formula is C20H20F2N2O2. The summed E-state index contributed by atoms with van der Waals surface area (Å²) in [6.45, 7) is 2.33. The third-order valence-electron chi connectivity index (χ3n) is 3.72. The van der Waals surface area contributed by atoms with Crippen LogP contribution in [0.1, 0.15) is 18.1 Å². The van der Waals surface area contributed by atoms with Crippen LogP contribution in [-0.4, -0.2) is 29.8 Å². The van der Waals surface area contributed by atoms with Crippen LogP contribution in [0, 0.1) is 11.6 Å². The molecule has 0 aliphatic heterocycles. The molecule has 0 saturated heterocycles. The molecule has 0 spiro atoms. The quantitative estimate of drug-likeness (QED) is 0.773. The molecule has 0 aromatic heterocycles. The second-order valence-electron chi connectivity index (χ2n) is 5.64. The zero-order chi connectivity index (χ0) is 18.9. The Kier molecular flexibility index (Phi) is 7.02. The molecule has 2 amide bonds. The van der Waals surface area contributed by atoms with Crippen molar-refractivity contribution in [2.24, 2.45) is 0 Å². The van der Waals surface area contributed by atoms with Crippen molar-refractivity contribution in [1.29, 1.82) is 0 Å². The van der Waals surface area contributed by atoms with Crippen molar-refractivity contribution < 1.29 is 18.4 Å². The van der Waals surface area contributed by atoms with Gasteiger partial charge in [0.15, 0.2) is 0 Å². The van der Waals surface area contributed by atoms with E-state index in [1.807, 2.05) is 0 Å². The molecule has 136 valence electrons. The number of likely N-dealkylation sites (N-methyl/N-ethyl adjacent to an activating group) is 1. The molecule has 0 atom stereocenters. The molecule has 2 rings (SSSR count). The standard InChI is InChI=1S/C20H20F2N2O2/c1-2-24(20(26)12-7-15-3-8-17(21)9-4-15)14-19(25)23-13-16-5-10-18(22)11-6-16/h3-12H,2,13-14H2,1H3,(H,23,25)/b12-7+. The average Bonchev–Trinajstić information content (AvgIpc) is 2.65. The fourth-order valence-electron chi connectivity index (χ4n) is 2.22. The topological polar surface area (TPSA) is 49.4 Å². The monoisotopic (exact) mass is 358 g/mol. The lowest BCUT2D eigenvalue weighted by atomic mass is 10.2. The maximum Gasteiger partial charge on any atom is 0.247 e. The number of nitrogens with zero attached hydrogens (tertiary/aromatic N) is 1. The second-order valence-corrected chi connectivity index (χ2v) is 5.64. The number of rotatable bonds is 7. The van der Waals surface area contributed by atoms with Crippen molar-refractivity contribution in [3.05, 3.63) is 77.4 Å². The van der Waals surface area contributed by atoms with E-state index in [-0.39, 0.29) is 36.5 Å². The van der Waals surface area contributed by atoms with Crippen LogP contribution in [-0.2, 0) is 16.1 Å². The minimum atomic E-state index is -0.346. The largest absolute Gasteiger partial charge is 0.350 e. The first-order valence-electron chi connectivity index (χ1n) is 8.21. The zero-order valence-electron chi connectivity index (χ0n) is 14.4. The van der Waals surface area contributed by atoms with E-state index in [9.17, 15) is 18.4 Å². The lowest BCUT2D eigenvalue weighted by molar-refractivity contribution is -0.132. The summed E-state index contributed by atoms with van der Waals surface area (Å²) in [5.41, 5.74) is 1.46. The Labute approximate surface area is 151 Å². The molecule has 0 fully saturated rings. The minimum Gasteiger partial charge on any atom is -0.350 e. The normalized spacial score (nSPS) is 10.7. The van der Waals surface area contributed by atoms with Gasteiger partial charge in [0, 0.05) is 19.2 Å². The molecule has 2 aromatic rings. The molecule has 0 saturated carbocycles. The van der Waals surface area contributed by atoms with E-state index < -0.39 is 0 Å². The third-order valence-corrected chi connectivity index (χ3v) is 3.72. The Morgan fingerprint density at radius 1 is 1.00 bits per heavy atom. The molecule has 0 aliphatic carbocycles. The van der Waals surface area contributed by atoms with Crippen molar-refractivity contribution in [3.63, 3.8) is 0 Å². The number of nitrogens with one attached hydrogen (secondary N) is 1. The van der Waals surface area contributed by atoms with Crippen LogP contribution < -0.4 is 5.32 Å². The average molecular weight is 358 g/mol. The number of hydrogen-bond donors (Lipinski definition) is 1. The van der Waals surface area contributed by atoms with Gasteiger partial charge in [-0.2, -0.15) is 0 Å². The molecule has 0 heterocycles. The van der Waals surface area contributed by atoms with E-state index in [0.29, 0.717) is 12.1 Å². The summed E-state index contributed by atoms with van der Waals surface area (Å²) in [5.74, 6) is -1.30. The molecule has 2 aromatic carbocycles. The Bertz CT molecular complexity index is 771. The Balaban J connectivity index is 1.86. The molecule has 0 unspecified atom stereocenters. The van der Waals surface area contributed by atoms with E-state index in [0.717, 1.165) is 5.56 Å². The summed E-state index contributed by atoms with van der Waals surface area (Å²) >= 11 is 0. The van der Waals surface area contributed by atoms with Crippen LogP contribution in [0.15, 0.2) is 54.6 Å². The van der Waals surface area contributed by atoms with Gasteiger partial charge in [-0.15, -0.1) is 0 Å². The maximum atomic E-state index is 12.9. The molecule has 6 heteroatoms. The summed E-state index contributed by atoms with van der Waals surface area (Å²) in [6, 6.07) is 11.6. The number of carbonyl (C=O) groups is 2. The lowest BCUT2D eigenvalue weighted by Crippen LogP contribution is -2.39. The number of benzene rings is 2. The first-order chi connectivity index (χ1) is 12.5. The first kappa shape index (κ1) is 19.3. The van der Waals surface area contributed by atoms with Crippen molar-refractivity contribution in [3.8, 4) is 0 Å². The van der Waals surface area contributed by atoms with Gasteiger partial charge in [0.2, 0.25) is 11.8 Å². The van der Waals surface area contributed by atoms with E-state index in [1.165, 1.54) is 35.2 Å². The van der Waals surface area contributed by atoms with Crippen molar-refractivity contribution >= 4 is 17.9 Å². The van der Waals surface area contributed by atoms with E-state index >= 15 is 0 Å². The maximum absolute atomic E-state index is 12.9. The van der Waals surface area contributed by atoms with Gasteiger partial charge in [-0.25, -0.2) is 8.78 Å². The van der Waals surface area contributed by atoms with Gasteiger partial charge >= 0.3 is 0 Å². The predicted octanol–water partition coefficient (Wildman–Crippen LogP) is 3.14. The summed E-state index contributed by atoms with van der Waals surface area (Å²) in [6.07, 6.45) is 2.92. The highest BCUT2D eigenvalue weighted by molar-refractivity contribution is 5.94. The Morgan fingerprint density at radius 2 is 1.58 bits per heavy atom. The van der Waals surface area contributed by atoms with Gasteiger partial charge in [-0.1, -0.05) is 24.3 Å². The molecule has 4 nitrogen and oxygen atoms in total. The van der Waals surface area contributed by atoms with Crippen LogP contribution in [0.5, 0.6) is 0 Å². The third kappa shape index (κ3) is 6.12. The second kappa shape index (κ2) is 9.46. The highest BCUT2D eigenvalue weighted by Gasteiger charge is 2.13. The number of carbonyl (C=O) groups excluding carboxylic acids is 2. The summed E-state index contributed by atoms with van der Waals surface area (Å²) in [5, 5.41) is 2.70. The van der Waals surface area contributed by atoms with Crippen molar-refractivity contribution in [2.75, 3.05) is 13.1 Å². The molecular weight excluding hydrogens is 338 g/mol. The highest BCUT2D eigenvalue weighted by atomic mass is 19.1. The van der Waals surface area contributed by atoms with Crippen LogP contribution in [0.3, 0.4) is 0 Å². The predicted molar refractivity (Wildman–Crippen MR) is 95.9 cm³/mol. The fourth-order valence-corrected chi connectivity index (χ4v) is 2.22. The van der Waals surface area contributed by atoms with E-state index in [2.05, 4.69) is 5.32 Å². The van der Waals surface area contributed by atoms with Gasteiger partial charge in [0.05, 0.1) is 6.54 Å². The molecule has 0 aliphatic rings. The van der Waals surface area contributed by atoms with Crippen LogP contribution in [0.2, 0.25) is 0 Å². The molecule has 26 heavy (non-hydrogen) atoms. The van der Waals surface area contributed by atoms with Gasteiger partial charge in [0.25, 0.3) is 0 Å². The van der Waals surface area contributed by atoms with Crippen LogP contribution in [0.25, 0.3) is 6.08 Å². The summed E-state index contributed by atoms with van der Waals surface area (Å²) < 4.78 is 25.7. The molecule has 1 N–H and O–H groups in total. The number of hydrogen-bond acceptors (Lipinski definition) is 2. The smallest absolute Gasteiger partial charge is 0.247 e. The number of amides is 2. The first-order valence-corrected chi connectivity index (χ1v) is 8.21.